The standard InChI is InChI=1S/C18H13Br2N3O2/c1-24-16-10(8-12(19)17(25-2)15(16)20)7-11(9-21)18-22-13-5-3-4-6-14(13)23-18/h3-8H,1-2H3,(H,22,23)/b11-7+. The molecule has 5 nitrogen and oxygen atoms in total. The van der Waals surface area contributed by atoms with E-state index in [1.165, 1.54) is 0 Å². The molecule has 1 heterocycles. The summed E-state index contributed by atoms with van der Waals surface area (Å²) in [6.07, 6.45) is 1.73. The van der Waals surface area contributed by atoms with E-state index in [9.17, 15) is 5.26 Å². The van der Waals surface area contributed by atoms with Crippen LogP contribution in [-0.4, -0.2) is 24.2 Å². The van der Waals surface area contributed by atoms with E-state index in [1.807, 2.05) is 30.3 Å². The number of allylic oxidation sites excluding steroid dienone is 1. The molecule has 0 atom stereocenters. The number of hydrogen-bond donors (Lipinski definition) is 1. The second kappa shape index (κ2) is 7.30. The van der Waals surface area contributed by atoms with Gasteiger partial charge in [0.2, 0.25) is 0 Å². The number of hydrogen-bond acceptors (Lipinski definition) is 4. The maximum atomic E-state index is 9.60. The predicted molar refractivity (Wildman–Crippen MR) is 105 cm³/mol. The third kappa shape index (κ3) is 3.28. The van der Waals surface area contributed by atoms with Crippen LogP contribution in [0.1, 0.15) is 11.4 Å². The second-order valence-corrected chi connectivity index (χ2v) is 6.75. The first-order chi connectivity index (χ1) is 12.1. The third-order valence-electron chi connectivity index (χ3n) is 3.63. The summed E-state index contributed by atoms with van der Waals surface area (Å²) in [5.41, 5.74) is 2.81. The van der Waals surface area contributed by atoms with Gasteiger partial charge in [-0.05, 0) is 56.1 Å². The normalized spacial score (nSPS) is 11.4. The molecule has 0 radical (unpaired) electrons. The molecule has 1 N–H and O–H groups in total. The average Bonchev–Trinajstić information content (AvgIpc) is 3.03. The van der Waals surface area contributed by atoms with Gasteiger partial charge in [-0.3, -0.25) is 0 Å². The first-order valence-corrected chi connectivity index (χ1v) is 8.84. The van der Waals surface area contributed by atoms with Gasteiger partial charge in [0.15, 0.2) is 5.75 Å². The van der Waals surface area contributed by atoms with Crippen LogP contribution in [0.4, 0.5) is 0 Å². The van der Waals surface area contributed by atoms with E-state index in [-0.39, 0.29) is 0 Å². The predicted octanol–water partition coefficient (Wildman–Crippen LogP) is 5.17. The van der Waals surface area contributed by atoms with Crippen molar-refractivity contribution in [3.63, 3.8) is 0 Å². The zero-order chi connectivity index (χ0) is 18.0. The average molecular weight is 463 g/mol. The molecule has 3 rings (SSSR count). The zero-order valence-electron chi connectivity index (χ0n) is 13.4. The van der Waals surface area contributed by atoms with Crippen LogP contribution in [0.5, 0.6) is 11.5 Å². The van der Waals surface area contributed by atoms with Crippen LogP contribution < -0.4 is 9.47 Å². The van der Waals surface area contributed by atoms with Gasteiger partial charge in [-0.1, -0.05) is 12.1 Å². The SMILES string of the molecule is COc1c(Br)cc(/C=C(\C#N)c2nc3ccccc3[nH]2)c(OC)c1Br. The molecule has 126 valence electrons. The lowest BCUT2D eigenvalue weighted by Gasteiger charge is -2.13. The van der Waals surface area contributed by atoms with E-state index in [2.05, 4.69) is 47.9 Å². The van der Waals surface area contributed by atoms with Crippen LogP contribution >= 0.6 is 31.9 Å². The number of benzene rings is 2. The lowest BCUT2D eigenvalue weighted by molar-refractivity contribution is 0.387. The number of fused-ring (bicyclic) bond motifs is 1. The molecule has 25 heavy (non-hydrogen) atoms. The fourth-order valence-electron chi connectivity index (χ4n) is 2.49. The molecule has 0 aliphatic heterocycles. The zero-order valence-corrected chi connectivity index (χ0v) is 16.6. The molecule has 0 saturated carbocycles. The van der Waals surface area contributed by atoms with E-state index < -0.39 is 0 Å². The summed E-state index contributed by atoms with van der Waals surface area (Å²) in [5, 5.41) is 9.60. The Hall–Kier alpha value is -2.30. The van der Waals surface area contributed by atoms with Crippen molar-refractivity contribution in [3.8, 4) is 17.6 Å². The van der Waals surface area contributed by atoms with E-state index >= 15 is 0 Å². The molecule has 0 bridgehead atoms. The van der Waals surface area contributed by atoms with Crippen molar-refractivity contribution in [1.82, 2.24) is 9.97 Å². The summed E-state index contributed by atoms with van der Waals surface area (Å²) in [5.74, 6) is 1.70. The van der Waals surface area contributed by atoms with Gasteiger partial charge >= 0.3 is 0 Å². The van der Waals surface area contributed by atoms with Gasteiger partial charge in [-0.2, -0.15) is 5.26 Å². The number of aromatic amines is 1. The van der Waals surface area contributed by atoms with Crippen LogP contribution in [-0.2, 0) is 0 Å². The first kappa shape index (κ1) is 17.5. The second-order valence-electron chi connectivity index (χ2n) is 5.10. The highest BCUT2D eigenvalue weighted by atomic mass is 79.9. The van der Waals surface area contributed by atoms with Gasteiger partial charge in [-0.25, -0.2) is 4.98 Å². The van der Waals surface area contributed by atoms with E-state index in [0.717, 1.165) is 21.1 Å². The number of imidazole rings is 1. The Balaban J connectivity index is 2.16. The molecular weight excluding hydrogens is 450 g/mol. The minimum absolute atomic E-state index is 0.401. The molecule has 1 aromatic heterocycles. The number of ether oxygens (including phenoxy) is 2. The maximum Gasteiger partial charge on any atom is 0.151 e. The number of halogens is 2. The van der Waals surface area contributed by atoms with Gasteiger partial charge in [-0.15, -0.1) is 0 Å². The Morgan fingerprint density at radius 1 is 1.20 bits per heavy atom. The van der Waals surface area contributed by atoms with Crippen molar-refractivity contribution >= 4 is 54.5 Å². The molecule has 0 aliphatic carbocycles. The summed E-state index contributed by atoms with van der Waals surface area (Å²) in [6, 6.07) is 11.7. The third-order valence-corrected chi connectivity index (χ3v) is 4.94. The molecule has 2 aromatic carbocycles. The molecule has 0 aliphatic rings. The van der Waals surface area contributed by atoms with Gasteiger partial charge in [0.1, 0.15) is 22.1 Å². The van der Waals surface area contributed by atoms with Gasteiger partial charge in [0.25, 0.3) is 0 Å². The molecule has 0 spiro atoms. The van der Waals surface area contributed by atoms with Crippen LogP contribution in [0.3, 0.4) is 0 Å². The summed E-state index contributed by atoms with van der Waals surface area (Å²) in [4.78, 5) is 7.64. The number of H-pyrrole nitrogens is 1. The van der Waals surface area contributed by atoms with Crippen molar-refractivity contribution in [3.05, 3.63) is 50.7 Å². The van der Waals surface area contributed by atoms with Crippen molar-refractivity contribution in [2.45, 2.75) is 0 Å². The first-order valence-electron chi connectivity index (χ1n) is 7.26. The Bertz CT molecular complexity index is 986. The smallest absolute Gasteiger partial charge is 0.151 e. The lowest BCUT2D eigenvalue weighted by Crippen LogP contribution is -1.95. The number of nitrogens with zero attached hydrogens (tertiary/aromatic N) is 2. The van der Waals surface area contributed by atoms with Gasteiger partial charge in [0.05, 0.1) is 35.3 Å². The van der Waals surface area contributed by atoms with E-state index in [4.69, 9.17) is 9.47 Å². The number of methoxy groups -OCH3 is 2. The molecule has 0 unspecified atom stereocenters. The number of nitriles is 1. The highest BCUT2D eigenvalue weighted by molar-refractivity contribution is 9.11. The number of rotatable bonds is 4. The van der Waals surface area contributed by atoms with Crippen LogP contribution in [0, 0.1) is 11.3 Å². The van der Waals surface area contributed by atoms with Crippen molar-refractivity contribution in [1.29, 1.82) is 5.26 Å². The largest absolute Gasteiger partial charge is 0.495 e. The Kier molecular flexibility index (Phi) is 5.11. The van der Waals surface area contributed by atoms with Crippen molar-refractivity contribution < 1.29 is 9.47 Å². The van der Waals surface area contributed by atoms with E-state index in [0.29, 0.717) is 27.4 Å². The summed E-state index contributed by atoms with van der Waals surface area (Å²) in [6.45, 7) is 0. The van der Waals surface area contributed by atoms with Gasteiger partial charge < -0.3 is 14.5 Å². The van der Waals surface area contributed by atoms with Crippen LogP contribution in [0.2, 0.25) is 0 Å². The highest BCUT2D eigenvalue weighted by Gasteiger charge is 2.17. The minimum atomic E-state index is 0.401. The molecular formula is C18H13Br2N3O2. The monoisotopic (exact) mass is 461 g/mol. The Labute approximate surface area is 161 Å². The van der Waals surface area contributed by atoms with Crippen molar-refractivity contribution in [2.24, 2.45) is 0 Å². The van der Waals surface area contributed by atoms with Crippen LogP contribution in [0.15, 0.2) is 39.3 Å². The summed E-state index contributed by atoms with van der Waals surface area (Å²) >= 11 is 6.96. The summed E-state index contributed by atoms with van der Waals surface area (Å²) in [7, 11) is 3.15. The molecule has 3 aromatic rings. The fourth-order valence-corrected chi connectivity index (χ4v) is 4.13. The lowest BCUT2D eigenvalue weighted by atomic mass is 10.1. The van der Waals surface area contributed by atoms with Gasteiger partial charge in [0, 0.05) is 5.56 Å². The topological polar surface area (TPSA) is 70.9 Å². The molecule has 7 heteroatoms. The fraction of sp³-hybridized carbons (Fsp3) is 0.111. The summed E-state index contributed by atoms with van der Waals surface area (Å²) < 4.78 is 12.2. The molecule has 0 fully saturated rings. The quantitative estimate of drug-likeness (QED) is 0.543. The van der Waals surface area contributed by atoms with E-state index in [1.54, 1.807) is 20.3 Å². The number of aromatic nitrogens is 2. The molecule has 0 amide bonds. The Morgan fingerprint density at radius 2 is 1.92 bits per heavy atom. The molecule has 0 saturated heterocycles. The minimum Gasteiger partial charge on any atom is -0.495 e. The highest BCUT2D eigenvalue weighted by Crippen LogP contribution is 2.43. The Morgan fingerprint density at radius 3 is 2.56 bits per heavy atom. The number of nitrogens with one attached hydrogen (secondary N) is 1. The maximum absolute atomic E-state index is 9.60. The van der Waals surface area contributed by atoms with Crippen LogP contribution in [0.25, 0.3) is 22.7 Å². The number of para-hydroxylation sites is 2. The van der Waals surface area contributed by atoms with Crippen molar-refractivity contribution in [2.75, 3.05) is 14.2 Å².